The smallest absolute Gasteiger partial charge is 0.290 e. The van der Waals surface area contributed by atoms with Crippen LogP contribution in [0.3, 0.4) is 0 Å². The molecule has 2 heterocycles. The van der Waals surface area contributed by atoms with Gasteiger partial charge in [0, 0.05) is 6.54 Å². The standard InChI is InChI=1S/C27H27NO4S/c1-2-3-7-15-32-21-13-8-12-20(17-21)24-23(25(29)22-14-9-16-33-22)26(30)27(31)28(24)18-19-10-5-4-6-11-19/h4-6,8-14,16-17,24,30H,2-3,7,15,18H2,1H3. The minimum Gasteiger partial charge on any atom is -0.503 e. The molecule has 2 aromatic carbocycles. The number of ether oxygens (including phenoxy) is 1. The summed E-state index contributed by atoms with van der Waals surface area (Å²) >= 11 is 1.29. The normalized spacial score (nSPS) is 15.8. The first-order valence-corrected chi connectivity index (χ1v) is 12.1. The number of nitrogens with zero attached hydrogens (tertiary/aromatic N) is 1. The van der Waals surface area contributed by atoms with Crippen molar-refractivity contribution in [2.75, 3.05) is 6.61 Å². The zero-order chi connectivity index (χ0) is 23.2. The zero-order valence-corrected chi connectivity index (χ0v) is 19.4. The van der Waals surface area contributed by atoms with Crippen LogP contribution in [0.15, 0.2) is 83.4 Å². The zero-order valence-electron chi connectivity index (χ0n) is 18.6. The molecule has 4 rings (SSSR count). The van der Waals surface area contributed by atoms with Gasteiger partial charge in [0.1, 0.15) is 5.75 Å². The van der Waals surface area contributed by atoms with Gasteiger partial charge < -0.3 is 14.7 Å². The van der Waals surface area contributed by atoms with E-state index < -0.39 is 17.7 Å². The van der Waals surface area contributed by atoms with Crippen LogP contribution >= 0.6 is 11.3 Å². The number of Topliss-reactive ketones (excluding diaryl/α,β-unsaturated/α-hetero) is 1. The molecule has 1 aromatic heterocycles. The third-order valence-corrected chi connectivity index (χ3v) is 6.55. The molecule has 3 aromatic rings. The summed E-state index contributed by atoms with van der Waals surface area (Å²) in [6, 6.07) is 19.8. The summed E-state index contributed by atoms with van der Waals surface area (Å²) in [6.45, 7) is 3.03. The molecule has 1 aliphatic rings. The van der Waals surface area contributed by atoms with Gasteiger partial charge in [0.2, 0.25) is 5.78 Å². The van der Waals surface area contributed by atoms with E-state index in [-0.39, 0.29) is 17.9 Å². The summed E-state index contributed by atoms with van der Waals surface area (Å²) in [5, 5.41) is 12.6. The Kier molecular flexibility index (Phi) is 7.25. The second-order valence-corrected chi connectivity index (χ2v) is 8.97. The van der Waals surface area contributed by atoms with Gasteiger partial charge in [-0.1, -0.05) is 68.3 Å². The first-order chi connectivity index (χ1) is 16.1. The number of amides is 1. The highest BCUT2D eigenvalue weighted by Crippen LogP contribution is 2.41. The average molecular weight is 462 g/mol. The molecule has 1 aliphatic heterocycles. The Balaban J connectivity index is 1.70. The Morgan fingerprint density at radius 1 is 1.06 bits per heavy atom. The Morgan fingerprint density at radius 2 is 1.88 bits per heavy atom. The van der Waals surface area contributed by atoms with Crippen LogP contribution < -0.4 is 4.74 Å². The lowest BCUT2D eigenvalue weighted by molar-refractivity contribution is -0.130. The third kappa shape index (κ3) is 5.01. The van der Waals surface area contributed by atoms with Gasteiger partial charge in [0.15, 0.2) is 5.76 Å². The first kappa shape index (κ1) is 22.8. The van der Waals surface area contributed by atoms with Gasteiger partial charge in [0.25, 0.3) is 5.91 Å². The van der Waals surface area contributed by atoms with E-state index in [1.54, 1.807) is 17.0 Å². The highest BCUT2D eigenvalue weighted by atomic mass is 32.1. The predicted octanol–water partition coefficient (Wildman–Crippen LogP) is 6.10. The minimum absolute atomic E-state index is 0.113. The van der Waals surface area contributed by atoms with Crippen LogP contribution in [-0.4, -0.2) is 28.3 Å². The number of rotatable bonds is 10. The Morgan fingerprint density at radius 3 is 2.61 bits per heavy atom. The first-order valence-electron chi connectivity index (χ1n) is 11.2. The highest BCUT2D eigenvalue weighted by Gasteiger charge is 2.44. The molecule has 1 N–H and O–H groups in total. The molecule has 1 atom stereocenters. The van der Waals surface area contributed by atoms with Crippen molar-refractivity contribution in [1.82, 2.24) is 4.90 Å². The molecule has 170 valence electrons. The van der Waals surface area contributed by atoms with Crippen molar-refractivity contribution in [3.8, 4) is 5.75 Å². The maximum Gasteiger partial charge on any atom is 0.290 e. The largest absolute Gasteiger partial charge is 0.503 e. The van der Waals surface area contributed by atoms with E-state index in [0.717, 1.165) is 30.4 Å². The van der Waals surface area contributed by atoms with E-state index in [9.17, 15) is 14.7 Å². The Labute approximate surface area is 197 Å². The lowest BCUT2D eigenvalue weighted by atomic mass is 9.95. The molecule has 0 fully saturated rings. The number of aliphatic hydroxyl groups excluding tert-OH is 1. The van der Waals surface area contributed by atoms with Gasteiger partial charge >= 0.3 is 0 Å². The van der Waals surface area contributed by atoms with Crippen LogP contribution in [0, 0.1) is 0 Å². The number of aliphatic hydroxyl groups is 1. The summed E-state index contributed by atoms with van der Waals surface area (Å²) in [5.74, 6) is -0.669. The number of unbranched alkanes of at least 4 members (excludes halogenated alkanes) is 2. The number of benzene rings is 2. The SMILES string of the molecule is CCCCCOc1cccc(C2C(C(=O)c3cccs3)=C(O)C(=O)N2Cc2ccccc2)c1. The van der Waals surface area contributed by atoms with Crippen molar-refractivity contribution in [3.05, 3.63) is 99.4 Å². The Bertz CT molecular complexity index is 1140. The number of hydrogen-bond donors (Lipinski definition) is 1. The fraction of sp³-hybridized carbons (Fsp3) is 0.259. The molecule has 0 bridgehead atoms. The van der Waals surface area contributed by atoms with Crippen LogP contribution in [0.25, 0.3) is 0 Å². The molecule has 6 heteroatoms. The van der Waals surface area contributed by atoms with Crippen LogP contribution in [0.4, 0.5) is 0 Å². The molecular formula is C27H27NO4S. The summed E-state index contributed by atoms with van der Waals surface area (Å²) in [6.07, 6.45) is 3.17. The van der Waals surface area contributed by atoms with Gasteiger partial charge in [-0.15, -0.1) is 11.3 Å². The molecule has 33 heavy (non-hydrogen) atoms. The van der Waals surface area contributed by atoms with E-state index in [1.165, 1.54) is 11.3 Å². The summed E-state index contributed by atoms with van der Waals surface area (Å²) < 4.78 is 5.92. The number of carbonyl (C=O) groups excluding carboxylic acids is 2. The highest BCUT2D eigenvalue weighted by molar-refractivity contribution is 7.12. The van der Waals surface area contributed by atoms with Crippen molar-refractivity contribution in [1.29, 1.82) is 0 Å². The van der Waals surface area contributed by atoms with Gasteiger partial charge in [0.05, 0.1) is 23.1 Å². The van der Waals surface area contributed by atoms with Crippen LogP contribution in [0.1, 0.15) is 53.0 Å². The molecule has 5 nitrogen and oxygen atoms in total. The summed E-state index contributed by atoms with van der Waals surface area (Å²) in [4.78, 5) is 28.5. The maximum absolute atomic E-state index is 13.4. The van der Waals surface area contributed by atoms with E-state index in [0.29, 0.717) is 17.2 Å². The molecule has 1 unspecified atom stereocenters. The molecule has 0 saturated carbocycles. The lowest BCUT2D eigenvalue weighted by Crippen LogP contribution is -2.30. The average Bonchev–Trinajstić information content (AvgIpc) is 3.46. The molecule has 0 spiro atoms. The minimum atomic E-state index is -0.702. The van der Waals surface area contributed by atoms with E-state index >= 15 is 0 Å². The number of thiophene rings is 1. The summed E-state index contributed by atoms with van der Waals surface area (Å²) in [7, 11) is 0. The van der Waals surface area contributed by atoms with Crippen molar-refractivity contribution in [2.24, 2.45) is 0 Å². The van der Waals surface area contributed by atoms with Crippen LogP contribution in [0.5, 0.6) is 5.75 Å². The lowest BCUT2D eigenvalue weighted by Gasteiger charge is -2.27. The van der Waals surface area contributed by atoms with E-state index in [4.69, 9.17) is 4.74 Å². The summed E-state index contributed by atoms with van der Waals surface area (Å²) in [5.41, 5.74) is 1.76. The monoisotopic (exact) mass is 461 g/mol. The van der Waals surface area contributed by atoms with Crippen LogP contribution in [0.2, 0.25) is 0 Å². The molecule has 0 radical (unpaired) electrons. The molecule has 0 saturated heterocycles. The van der Waals surface area contributed by atoms with Crippen molar-refractivity contribution >= 4 is 23.0 Å². The van der Waals surface area contributed by atoms with E-state index in [2.05, 4.69) is 6.92 Å². The maximum atomic E-state index is 13.4. The Hall–Kier alpha value is -3.38. The van der Waals surface area contributed by atoms with E-state index in [1.807, 2.05) is 60.0 Å². The second kappa shape index (κ2) is 10.5. The topological polar surface area (TPSA) is 66.8 Å². The number of hydrogen-bond acceptors (Lipinski definition) is 5. The quantitative estimate of drug-likeness (QED) is 0.293. The van der Waals surface area contributed by atoms with Crippen molar-refractivity contribution in [3.63, 3.8) is 0 Å². The molecule has 1 amide bonds. The van der Waals surface area contributed by atoms with Crippen molar-refractivity contribution < 1.29 is 19.4 Å². The molecular weight excluding hydrogens is 434 g/mol. The van der Waals surface area contributed by atoms with Gasteiger partial charge in [-0.2, -0.15) is 0 Å². The third-order valence-electron chi connectivity index (χ3n) is 5.68. The number of carbonyl (C=O) groups is 2. The fourth-order valence-electron chi connectivity index (χ4n) is 4.03. The van der Waals surface area contributed by atoms with Crippen LogP contribution in [-0.2, 0) is 11.3 Å². The van der Waals surface area contributed by atoms with Gasteiger partial charge in [-0.3, -0.25) is 9.59 Å². The molecule has 0 aliphatic carbocycles. The van der Waals surface area contributed by atoms with Gasteiger partial charge in [-0.25, -0.2) is 0 Å². The number of ketones is 1. The van der Waals surface area contributed by atoms with Gasteiger partial charge in [-0.05, 0) is 41.1 Å². The predicted molar refractivity (Wildman–Crippen MR) is 129 cm³/mol. The second-order valence-electron chi connectivity index (χ2n) is 8.02. The van der Waals surface area contributed by atoms with Crippen molar-refractivity contribution in [2.45, 2.75) is 38.8 Å². The fourth-order valence-corrected chi connectivity index (χ4v) is 4.71.